The summed E-state index contributed by atoms with van der Waals surface area (Å²) in [5.74, 6) is 1.21. The lowest BCUT2D eigenvalue weighted by molar-refractivity contribution is 0.144. The molecule has 0 radical (unpaired) electrons. The molecule has 33 heavy (non-hydrogen) atoms. The molecule has 3 aromatic heterocycles. The van der Waals surface area contributed by atoms with Gasteiger partial charge in [0, 0.05) is 42.5 Å². The molecule has 5 aromatic rings. The van der Waals surface area contributed by atoms with Crippen LogP contribution in [0, 0.1) is 5.82 Å². The van der Waals surface area contributed by atoms with Gasteiger partial charge in [0.2, 0.25) is 5.88 Å². The van der Waals surface area contributed by atoms with Crippen LogP contribution in [-0.2, 0) is 4.74 Å². The number of aromatic nitrogens is 4. The molecule has 0 aliphatic rings. The molecular weight excluding hydrogens is 427 g/mol. The van der Waals surface area contributed by atoms with Crippen molar-refractivity contribution < 1.29 is 23.1 Å². The molecule has 0 spiro atoms. The maximum atomic E-state index is 14.5. The minimum Gasteiger partial charge on any atom is -0.488 e. The van der Waals surface area contributed by atoms with Crippen molar-refractivity contribution in [3.63, 3.8) is 0 Å². The standard InChI is InChI=1S/C24H19FN4O4/c1-30-10-11-31-21-14-20-17(12-18(21)25)24(28-27-20)22-13-19(29-33-22)15-5-7-16(8-6-15)32-23-4-2-3-9-26-23/h2-9,12-14H,10-11H2,1H3,(H,27,28). The van der Waals surface area contributed by atoms with Crippen molar-refractivity contribution in [2.24, 2.45) is 0 Å². The van der Waals surface area contributed by atoms with E-state index in [1.165, 1.54) is 6.07 Å². The minimum atomic E-state index is -0.496. The highest BCUT2D eigenvalue weighted by atomic mass is 19.1. The molecule has 8 nitrogen and oxygen atoms in total. The van der Waals surface area contributed by atoms with E-state index in [1.54, 1.807) is 31.5 Å². The van der Waals surface area contributed by atoms with Gasteiger partial charge in [-0.1, -0.05) is 11.2 Å². The van der Waals surface area contributed by atoms with Crippen LogP contribution in [-0.4, -0.2) is 40.7 Å². The summed E-state index contributed by atoms with van der Waals surface area (Å²) in [6.07, 6.45) is 1.67. The van der Waals surface area contributed by atoms with Crippen LogP contribution >= 0.6 is 0 Å². The van der Waals surface area contributed by atoms with Crippen molar-refractivity contribution in [2.45, 2.75) is 0 Å². The van der Waals surface area contributed by atoms with Gasteiger partial charge in [-0.25, -0.2) is 9.37 Å². The number of H-pyrrole nitrogens is 1. The molecule has 9 heteroatoms. The maximum Gasteiger partial charge on any atom is 0.219 e. The first-order valence-electron chi connectivity index (χ1n) is 10.2. The number of hydrogen-bond acceptors (Lipinski definition) is 7. The molecule has 2 aromatic carbocycles. The van der Waals surface area contributed by atoms with Gasteiger partial charge in [-0.3, -0.25) is 5.10 Å². The SMILES string of the molecule is COCCOc1cc2[nH]nc(-c3cc(-c4ccc(Oc5ccccn5)cc4)no3)c2cc1F. The normalized spacial score (nSPS) is 11.1. The van der Waals surface area contributed by atoms with Crippen molar-refractivity contribution >= 4 is 10.9 Å². The fourth-order valence-electron chi connectivity index (χ4n) is 3.30. The second-order valence-corrected chi connectivity index (χ2v) is 7.11. The summed E-state index contributed by atoms with van der Waals surface area (Å²) < 4.78 is 36.1. The zero-order chi connectivity index (χ0) is 22.6. The van der Waals surface area contributed by atoms with Crippen molar-refractivity contribution in [3.05, 3.63) is 72.7 Å². The Kier molecular flexibility index (Phi) is 5.69. The first-order valence-corrected chi connectivity index (χ1v) is 10.2. The number of nitrogens with one attached hydrogen (secondary N) is 1. The van der Waals surface area contributed by atoms with Gasteiger partial charge in [0.05, 0.1) is 12.1 Å². The van der Waals surface area contributed by atoms with E-state index < -0.39 is 5.82 Å². The van der Waals surface area contributed by atoms with Crippen LogP contribution < -0.4 is 9.47 Å². The molecule has 0 unspecified atom stereocenters. The summed E-state index contributed by atoms with van der Waals surface area (Å²) in [6.45, 7) is 0.611. The second-order valence-electron chi connectivity index (χ2n) is 7.11. The highest BCUT2D eigenvalue weighted by molar-refractivity contribution is 5.92. The largest absolute Gasteiger partial charge is 0.488 e. The van der Waals surface area contributed by atoms with E-state index >= 15 is 0 Å². The summed E-state index contributed by atoms with van der Waals surface area (Å²) in [5.41, 5.74) is 2.53. The third kappa shape index (κ3) is 4.39. The first kappa shape index (κ1) is 20.7. The molecule has 0 bridgehead atoms. The monoisotopic (exact) mass is 446 g/mol. The number of ether oxygens (including phenoxy) is 3. The van der Waals surface area contributed by atoms with Gasteiger partial charge in [-0.15, -0.1) is 0 Å². The Morgan fingerprint density at radius 3 is 2.70 bits per heavy atom. The maximum absolute atomic E-state index is 14.5. The van der Waals surface area contributed by atoms with E-state index in [0.717, 1.165) is 5.56 Å². The quantitative estimate of drug-likeness (QED) is 0.326. The van der Waals surface area contributed by atoms with Crippen molar-refractivity contribution in [2.75, 3.05) is 20.3 Å². The molecule has 0 saturated heterocycles. The number of rotatable bonds is 8. The van der Waals surface area contributed by atoms with Crippen LogP contribution in [0.5, 0.6) is 17.4 Å². The third-order valence-electron chi connectivity index (χ3n) is 4.91. The van der Waals surface area contributed by atoms with Crippen LogP contribution in [0.1, 0.15) is 0 Å². The van der Waals surface area contributed by atoms with E-state index in [2.05, 4.69) is 20.3 Å². The van der Waals surface area contributed by atoms with Gasteiger partial charge in [0.25, 0.3) is 0 Å². The summed E-state index contributed by atoms with van der Waals surface area (Å²) in [6, 6.07) is 17.5. The Morgan fingerprint density at radius 1 is 1.03 bits per heavy atom. The van der Waals surface area contributed by atoms with Crippen LogP contribution in [0.4, 0.5) is 4.39 Å². The molecule has 166 valence electrons. The number of aromatic amines is 1. The fraction of sp³-hybridized carbons (Fsp3) is 0.125. The van der Waals surface area contributed by atoms with Crippen LogP contribution in [0.2, 0.25) is 0 Å². The minimum absolute atomic E-state index is 0.126. The van der Waals surface area contributed by atoms with Crippen molar-refractivity contribution in [3.8, 4) is 40.1 Å². The van der Waals surface area contributed by atoms with E-state index in [9.17, 15) is 4.39 Å². The lowest BCUT2D eigenvalue weighted by Gasteiger charge is -2.06. The van der Waals surface area contributed by atoms with Crippen LogP contribution in [0.3, 0.4) is 0 Å². The summed E-state index contributed by atoms with van der Waals surface area (Å²) in [4.78, 5) is 4.14. The lowest BCUT2D eigenvalue weighted by atomic mass is 10.1. The van der Waals surface area contributed by atoms with Gasteiger partial charge < -0.3 is 18.7 Å². The first-order chi connectivity index (χ1) is 16.2. The molecule has 0 saturated carbocycles. The second kappa shape index (κ2) is 9.09. The molecule has 0 fully saturated rings. The average molecular weight is 446 g/mol. The summed E-state index contributed by atoms with van der Waals surface area (Å²) in [5, 5.41) is 11.9. The van der Waals surface area contributed by atoms with Gasteiger partial charge in [-0.2, -0.15) is 5.10 Å². The van der Waals surface area contributed by atoms with E-state index in [1.807, 2.05) is 36.4 Å². The Balaban J connectivity index is 1.36. The van der Waals surface area contributed by atoms with Crippen LogP contribution in [0.25, 0.3) is 33.6 Å². The smallest absolute Gasteiger partial charge is 0.219 e. The molecule has 3 heterocycles. The molecule has 0 atom stereocenters. The number of hydrogen-bond donors (Lipinski definition) is 1. The molecule has 0 aliphatic carbocycles. The summed E-state index contributed by atoms with van der Waals surface area (Å²) in [7, 11) is 1.56. The Morgan fingerprint density at radius 2 is 1.91 bits per heavy atom. The van der Waals surface area contributed by atoms with E-state index in [4.69, 9.17) is 18.7 Å². The third-order valence-corrected chi connectivity index (χ3v) is 4.91. The Labute approximate surface area is 187 Å². The Bertz CT molecular complexity index is 1370. The fourth-order valence-corrected chi connectivity index (χ4v) is 3.30. The number of halogens is 1. The van der Waals surface area contributed by atoms with Crippen LogP contribution in [0.15, 0.2) is 71.4 Å². The van der Waals surface area contributed by atoms with Crippen molar-refractivity contribution in [1.29, 1.82) is 0 Å². The molecule has 1 N–H and O–H groups in total. The summed E-state index contributed by atoms with van der Waals surface area (Å²) >= 11 is 0. The average Bonchev–Trinajstić information content (AvgIpc) is 3.48. The van der Waals surface area contributed by atoms with E-state index in [0.29, 0.717) is 46.3 Å². The molecular formula is C24H19FN4O4. The zero-order valence-corrected chi connectivity index (χ0v) is 17.6. The molecule has 5 rings (SSSR count). The van der Waals surface area contributed by atoms with Gasteiger partial charge in [-0.05, 0) is 36.4 Å². The number of nitrogens with zero attached hydrogens (tertiary/aromatic N) is 3. The topological polar surface area (TPSA) is 95.3 Å². The predicted molar refractivity (Wildman–Crippen MR) is 119 cm³/mol. The predicted octanol–water partition coefficient (Wildman–Crippen LogP) is 5.24. The number of benzene rings is 2. The number of pyridine rings is 1. The highest BCUT2D eigenvalue weighted by Crippen LogP contribution is 2.33. The number of methoxy groups -OCH3 is 1. The molecule has 0 amide bonds. The van der Waals surface area contributed by atoms with Gasteiger partial charge >= 0.3 is 0 Å². The molecule has 0 aliphatic heterocycles. The van der Waals surface area contributed by atoms with Gasteiger partial charge in [0.1, 0.15) is 23.7 Å². The number of fused-ring (bicyclic) bond motifs is 1. The highest BCUT2D eigenvalue weighted by Gasteiger charge is 2.17. The van der Waals surface area contributed by atoms with Gasteiger partial charge in [0.15, 0.2) is 17.3 Å². The van der Waals surface area contributed by atoms with Crippen molar-refractivity contribution in [1.82, 2.24) is 20.3 Å². The lowest BCUT2D eigenvalue weighted by Crippen LogP contribution is -2.05. The zero-order valence-electron chi connectivity index (χ0n) is 17.6. The Hall–Kier alpha value is -4.24. The van der Waals surface area contributed by atoms with E-state index in [-0.39, 0.29) is 12.4 Å².